The smallest absolute Gasteiger partial charge is 0.231 e. The van der Waals surface area contributed by atoms with Crippen molar-refractivity contribution in [2.24, 2.45) is 0 Å². The molecule has 7 heteroatoms. The average molecular weight is 282 g/mol. The second-order valence-electron chi connectivity index (χ2n) is 5.54. The lowest BCUT2D eigenvalue weighted by molar-refractivity contribution is 0.355. The first kappa shape index (κ1) is 12.3. The van der Waals surface area contributed by atoms with Crippen LogP contribution in [0, 0.1) is 11.3 Å². The molecular weight excluding hydrogens is 268 g/mol. The van der Waals surface area contributed by atoms with Gasteiger partial charge < -0.3 is 9.42 Å². The summed E-state index contributed by atoms with van der Waals surface area (Å²) < 4.78 is 5.40. The summed E-state index contributed by atoms with van der Waals surface area (Å²) in [7, 11) is 0. The van der Waals surface area contributed by atoms with Crippen LogP contribution in [0.25, 0.3) is 0 Å². The molecule has 4 rings (SSSR count). The molecule has 1 aliphatic carbocycles. The Bertz CT molecular complexity index is 701. The molecule has 0 unspecified atom stereocenters. The largest absolute Gasteiger partial charge is 0.353 e. The van der Waals surface area contributed by atoms with E-state index in [4.69, 9.17) is 9.78 Å². The molecule has 0 spiro atoms. The Kier molecular flexibility index (Phi) is 2.81. The van der Waals surface area contributed by atoms with Gasteiger partial charge in [0.2, 0.25) is 5.89 Å². The second-order valence-corrected chi connectivity index (χ2v) is 5.54. The highest BCUT2D eigenvalue weighted by molar-refractivity contribution is 5.50. The van der Waals surface area contributed by atoms with Crippen molar-refractivity contribution in [2.45, 2.75) is 31.1 Å². The third-order valence-corrected chi connectivity index (χ3v) is 4.02. The zero-order chi connectivity index (χ0) is 14.2. The third kappa shape index (κ3) is 2.23. The third-order valence-electron chi connectivity index (χ3n) is 4.02. The Labute approximate surface area is 121 Å². The first-order valence-corrected chi connectivity index (χ1v) is 7.14. The molecule has 1 saturated heterocycles. The fourth-order valence-electron chi connectivity index (χ4n) is 2.72. The van der Waals surface area contributed by atoms with E-state index < -0.39 is 0 Å². The summed E-state index contributed by atoms with van der Waals surface area (Å²) >= 11 is 0. The normalized spacial score (nSPS) is 21.5. The summed E-state index contributed by atoms with van der Waals surface area (Å²) in [5, 5.41) is 13.2. The first-order valence-electron chi connectivity index (χ1n) is 7.14. The van der Waals surface area contributed by atoms with Gasteiger partial charge in [-0.15, -0.1) is 0 Å². The van der Waals surface area contributed by atoms with Gasteiger partial charge in [0, 0.05) is 31.4 Å². The molecule has 2 aliphatic rings. The SMILES string of the molecule is N#Cc1nccnc1N1CC[C@H](c2nc(C3CC3)no2)C1. The molecule has 3 heterocycles. The van der Waals surface area contributed by atoms with E-state index in [9.17, 15) is 0 Å². The minimum Gasteiger partial charge on any atom is -0.353 e. The molecule has 1 atom stereocenters. The summed E-state index contributed by atoms with van der Waals surface area (Å²) in [4.78, 5) is 14.9. The number of anilines is 1. The van der Waals surface area contributed by atoms with Gasteiger partial charge in [0.25, 0.3) is 0 Å². The Morgan fingerprint density at radius 3 is 2.86 bits per heavy atom. The van der Waals surface area contributed by atoms with E-state index >= 15 is 0 Å². The van der Waals surface area contributed by atoms with Crippen LogP contribution in [0.15, 0.2) is 16.9 Å². The van der Waals surface area contributed by atoms with Crippen LogP contribution in [0.2, 0.25) is 0 Å². The minimum absolute atomic E-state index is 0.207. The highest BCUT2D eigenvalue weighted by Gasteiger charge is 2.33. The molecule has 0 radical (unpaired) electrons. The van der Waals surface area contributed by atoms with Gasteiger partial charge in [-0.2, -0.15) is 10.2 Å². The van der Waals surface area contributed by atoms with Gasteiger partial charge >= 0.3 is 0 Å². The topological polar surface area (TPSA) is 91.7 Å². The van der Waals surface area contributed by atoms with Gasteiger partial charge in [-0.05, 0) is 19.3 Å². The number of hydrogen-bond acceptors (Lipinski definition) is 7. The van der Waals surface area contributed by atoms with E-state index in [-0.39, 0.29) is 5.92 Å². The van der Waals surface area contributed by atoms with Crippen molar-refractivity contribution in [3.63, 3.8) is 0 Å². The van der Waals surface area contributed by atoms with Crippen LogP contribution in [-0.4, -0.2) is 33.2 Å². The molecule has 7 nitrogen and oxygen atoms in total. The van der Waals surface area contributed by atoms with Crippen molar-refractivity contribution < 1.29 is 4.52 Å². The van der Waals surface area contributed by atoms with Crippen LogP contribution >= 0.6 is 0 Å². The maximum atomic E-state index is 9.11. The van der Waals surface area contributed by atoms with E-state index in [0.717, 1.165) is 25.3 Å². The predicted octanol–water partition coefficient (Wildman–Crippen LogP) is 1.60. The lowest BCUT2D eigenvalue weighted by Gasteiger charge is -2.16. The summed E-state index contributed by atoms with van der Waals surface area (Å²) in [6, 6.07) is 2.09. The van der Waals surface area contributed by atoms with Gasteiger partial charge in [0.1, 0.15) is 6.07 Å². The van der Waals surface area contributed by atoms with Crippen molar-refractivity contribution in [3.05, 3.63) is 29.8 Å². The number of hydrogen-bond donors (Lipinski definition) is 0. The molecular formula is C14H14N6O. The molecule has 21 heavy (non-hydrogen) atoms. The lowest BCUT2D eigenvalue weighted by atomic mass is 10.1. The second kappa shape index (κ2) is 4.81. The fraction of sp³-hybridized carbons (Fsp3) is 0.500. The lowest BCUT2D eigenvalue weighted by Crippen LogP contribution is -2.22. The number of aromatic nitrogens is 4. The van der Waals surface area contributed by atoms with Gasteiger partial charge in [0.05, 0.1) is 5.92 Å². The minimum atomic E-state index is 0.207. The Morgan fingerprint density at radius 1 is 1.19 bits per heavy atom. The van der Waals surface area contributed by atoms with E-state index in [1.807, 2.05) is 0 Å². The van der Waals surface area contributed by atoms with Crippen LogP contribution in [0.1, 0.15) is 48.5 Å². The van der Waals surface area contributed by atoms with Crippen molar-refractivity contribution in [1.29, 1.82) is 5.26 Å². The highest BCUT2D eigenvalue weighted by atomic mass is 16.5. The summed E-state index contributed by atoms with van der Waals surface area (Å²) in [5.41, 5.74) is 0.363. The average Bonchev–Trinajstić information content (AvgIpc) is 3.07. The Hall–Kier alpha value is -2.49. The number of rotatable bonds is 3. The molecule has 0 N–H and O–H groups in total. The molecule has 2 fully saturated rings. The van der Waals surface area contributed by atoms with Gasteiger partial charge in [-0.1, -0.05) is 5.16 Å². The Morgan fingerprint density at radius 2 is 2.05 bits per heavy atom. The molecule has 2 aromatic rings. The summed E-state index contributed by atoms with van der Waals surface area (Å²) in [5.74, 6) is 2.91. The summed E-state index contributed by atoms with van der Waals surface area (Å²) in [6.45, 7) is 1.55. The van der Waals surface area contributed by atoms with Gasteiger partial charge in [-0.3, -0.25) is 0 Å². The summed E-state index contributed by atoms with van der Waals surface area (Å²) in [6.07, 6.45) is 6.41. The molecule has 0 amide bonds. The molecule has 0 bridgehead atoms. The van der Waals surface area contributed by atoms with E-state index in [1.54, 1.807) is 6.20 Å². The van der Waals surface area contributed by atoms with E-state index in [0.29, 0.717) is 23.3 Å². The van der Waals surface area contributed by atoms with Crippen LogP contribution in [0.4, 0.5) is 5.82 Å². The molecule has 1 aliphatic heterocycles. The number of nitriles is 1. The monoisotopic (exact) mass is 282 g/mol. The maximum Gasteiger partial charge on any atom is 0.231 e. The van der Waals surface area contributed by atoms with Crippen LogP contribution in [-0.2, 0) is 0 Å². The van der Waals surface area contributed by atoms with Crippen molar-refractivity contribution in [2.75, 3.05) is 18.0 Å². The fourth-order valence-corrected chi connectivity index (χ4v) is 2.72. The van der Waals surface area contributed by atoms with Crippen molar-refractivity contribution in [3.8, 4) is 6.07 Å². The van der Waals surface area contributed by atoms with Gasteiger partial charge in [0.15, 0.2) is 17.3 Å². The van der Waals surface area contributed by atoms with Crippen LogP contribution in [0.5, 0.6) is 0 Å². The Balaban J connectivity index is 1.52. The predicted molar refractivity (Wildman–Crippen MR) is 72.6 cm³/mol. The van der Waals surface area contributed by atoms with Crippen LogP contribution < -0.4 is 4.90 Å². The molecule has 1 saturated carbocycles. The van der Waals surface area contributed by atoms with E-state index in [2.05, 4.69) is 31.1 Å². The standard InChI is InChI=1S/C14H14N6O/c15-7-11-13(17-5-4-16-11)20-6-3-10(8-20)14-18-12(19-21-14)9-1-2-9/h4-5,9-10H,1-3,6,8H2/t10-/m0/s1. The zero-order valence-electron chi connectivity index (χ0n) is 11.4. The highest BCUT2D eigenvalue weighted by Crippen LogP contribution is 2.39. The zero-order valence-corrected chi connectivity index (χ0v) is 11.4. The maximum absolute atomic E-state index is 9.11. The molecule has 106 valence electrons. The molecule has 2 aromatic heterocycles. The van der Waals surface area contributed by atoms with Gasteiger partial charge in [-0.25, -0.2) is 9.97 Å². The first-order chi connectivity index (χ1) is 10.3. The number of nitrogens with zero attached hydrogens (tertiary/aromatic N) is 6. The van der Waals surface area contributed by atoms with Crippen molar-refractivity contribution in [1.82, 2.24) is 20.1 Å². The van der Waals surface area contributed by atoms with E-state index in [1.165, 1.54) is 19.0 Å². The quantitative estimate of drug-likeness (QED) is 0.844. The van der Waals surface area contributed by atoms with Crippen LogP contribution in [0.3, 0.4) is 0 Å². The van der Waals surface area contributed by atoms with Crippen molar-refractivity contribution >= 4 is 5.82 Å². The molecule has 0 aromatic carbocycles.